The van der Waals surface area contributed by atoms with Gasteiger partial charge in [-0.3, -0.25) is 9.36 Å². The number of nitrogens with one attached hydrogen (secondary N) is 1. The van der Waals surface area contributed by atoms with Crippen LogP contribution in [0.5, 0.6) is 0 Å². The fourth-order valence-corrected chi connectivity index (χ4v) is 2.76. The third-order valence-electron chi connectivity index (χ3n) is 3.03. The summed E-state index contributed by atoms with van der Waals surface area (Å²) in [7, 11) is 0. The molecule has 0 aliphatic heterocycles. The van der Waals surface area contributed by atoms with E-state index in [9.17, 15) is 4.79 Å². The Bertz CT molecular complexity index is 749. The number of amides is 1. The van der Waals surface area contributed by atoms with Crippen LogP contribution >= 0.6 is 11.3 Å². The predicted octanol–water partition coefficient (Wildman–Crippen LogP) is 2.82. The van der Waals surface area contributed by atoms with Crippen LogP contribution in [0.1, 0.15) is 10.7 Å². The van der Waals surface area contributed by atoms with Crippen molar-refractivity contribution in [3.8, 4) is 5.82 Å². The van der Waals surface area contributed by atoms with Crippen molar-refractivity contribution in [1.29, 1.82) is 0 Å². The zero-order valence-electron chi connectivity index (χ0n) is 11.5. The molecule has 0 bridgehead atoms. The van der Waals surface area contributed by atoms with Crippen LogP contribution in [-0.4, -0.2) is 20.4 Å². The van der Waals surface area contributed by atoms with E-state index < -0.39 is 0 Å². The van der Waals surface area contributed by atoms with Crippen molar-refractivity contribution in [2.24, 2.45) is 0 Å². The topological polar surface area (TPSA) is 59.8 Å². The van der Waals surface area contributed by atoms with Gasteiger partial charge < -0.3 is 5.32 Å². The molecule has 0 aliphatic carbocycles. The minimum Gasteiger partial charge on any atom is -0.323 e. The average molecular weight is 298 g/mol. The molecule has 3 aromatic rings. The molecule has 0 aromatic carbocycles. The Morgan fingerprint density at radius 2 is 2.19 bits per heavy atom. The first-order valence-electron chi connectivity index (χ1n) is 6.51. The van der Waals surface area contributed by atoms with Crippen molar-refractivity contribution in [1.82, 2.24) is 14.5 Å². The summed E-state index contributed by atoms with van der Waals surface area (Å²) in [6.45, 7) is 1.89. The number of aryl methyl sites for hydroxylation is 1. The number of carbonyl (C=O) groups is 1. The third kappa shape index (κ3) is 3.00. The van der Waals surface area contributed by atoms with Crippen LogP contribution in [0.25, 0.3) is 5.82 Å². The highest BCUT2D eigenvalue weighted by Crippen LogP contribution is 2.19. The molecular formula is C15H14N4OS. The van der Waals surface area contributed by atoms with E-state index in [1.54, 1.807) is 29.8 Å². The molecule has 3 heterocycles. The number of carbonyl (C=O) groups excluding carboxylic acids is 1. The van der Waals surface area contributed by atoms with Gasteiger partial charge in [0.2, 0.25) is 5.91 Å². The van der Waals surface area contributed by atoms with Crippen LogP contribution in [0, 0.1) is 6.92 Å². The number of aromatic nitrogens is 3. The molecule has 0 radical (unpaired) electrons. The first-order chi connectivity index (χ1) is 10.2. The lowest BCUT2D eigenvalue weighted by Gasteiger charge is -2.11. The molecule has 106 valence electrons. The molecule has 1 N–H and O–H groups in total. The van der Waals surface area contributed by atoms with Gasteiger partial charge in [0.05, 0.1) is 12.1 Å². The molecule has 0 saturated heterocycles. The lowest BCUT2D eigenvalue weighted by Crippen LogP contribution is -2.16. The molecule has 21 heavy (non-hydrogen) atoms. The van der Waals surface area contributed by atoms with E-state index in [1.165, 1.54) is 0 Å². The monoisotopic (exact) mass is 298 g/mol. The normalized spacial score (nSPS) is 10.5. The summed E-state index contributed by atoms with van der Waals surface area (Å²) in [4.78, 5) is 21.7. The van der Waals surface area contributed by atoms with Gasteiger partial charge in [0.15, 0.2) is 5.82 Å². The van der Waals surface area contributed by atoms with Crippen LogP contribution < -0.4 is 5.32 Å². The number of imidazole rings is 1. The maximum Gasteiger partial charge on any atom is 0.229 e. The van der Waals surface area contributed by atoms with Gasteiger partial charge in [-0.2, -0.15) is 0 Å². The van der Waals surface area contributed by atoms with Crippen LogP contribution in [0.2, 0.25) is 0 Å². The lowest BCUT2D eigenvalue weighted by molar-refractivity contribution is -0.115. The molecule has 0 unspecified atom stereocenters. The van der Waals surface area contributed by atoms with E-state index in [0.29, 0.717) is 17.9 Å². The lowest BCUT2D eigenvalue weighted by atomic mass is 10.3. The van der Waals surface area contributed by atoms with Crippen LogP contribution in [0.3, 0.4) is 0 Å². The number of anilines is 1. The molecular weight excluding hydrogens is 284 g/mol. The zero-order valence-corrected chi connectivity index (χ0v) is 12.3. The molecule has 3 aromatic heterocycles. The highest BCUT2D eigenvalue weighted by Gasteiger charge is 2.11. The summed E-state index contributed by atoms with van der Waals surface area (Å²) >= 11 is 1.57. The standard InChI is InChI=1S/C15H14N4OS/c1-11-16-7-8-19(11)15-13(5-2-6-17-15)18-14(20)10-12-4-3-9-21-12/h2-9H,10H2,1H3,(H,18,20). The second kappa shape index (κ2) is 5.88. The van der Waals surface area contributed by atoms with Gasteiger partial charge in [-0.1, -0.05) is 6.07 Å². The van der Waals surface area contributed by atoms with Gasteiger partial charge in [-0.25, -0.2) is 9.97 Å². The van der Waals surface area contributed by atoms with Crippen molar-refractivity contribution in [3.05, 3.63) is 58.9 Å². The Balaban J connectivity index is 1.83. The summed E-state index contributed by atoms with van der Waals surface area (Å²) in [6.07, 6.45) is 5.60. The Morgan fingerprint density at radius 3 is 2.90 bits per heavy atom. The smallest absolute Gasteiger partial charge is 0.229 e. The van der Waals surface area contributed by atoms with Gasteiger partial charge >= 0.3 is 0 Å². The number of thiophene rings is 1. The number of hydrogen-bond acceptors (Lipinski definition) is 4. The average Bonchev–Trinajstić information content (AvgIpc) is 3.11. The Kier molecular flexibility index (Phi) is 3.79. The van der Waals surface area contributed by atoms with E-state index in [2.05, 4.69) is 15.3 Å². The molecule has 6 heteroatoms. The maximum atomic E-state index is 12.1. The largest absolute Gasteiger partial charge is 0.323 e. The Labute approximate surface area is 126 Å². The highest BCUT2D eigenvalue weighted by atomic mass is 32.1. The van der Waals surface area contributed by atoms with Gasteiger partial charge in [-0.05, 0) is 30.5 Å². The molecule has 3 rings (SSSR count). The first-order valence-corrected chi connectivity index (χ1v) is 7.39. The van der Waals surface area contributed by atoms with Crippen molar-refractivity contribution < 1.29 is 4.79 Å². The summed E-state index contributed by atoms with van der Waals surface area (Å²) in [5.74, 6) is 1.44. The van der Waals surface area contributed by atoms with Crippen molar-refractivity contribution in [2.45, 2.75) is 13.3 Å². The molecule has 0 saturated carbocycles. The minimum absolute atomic E-state index is 0.0514. The summed E-state index contributed by atoms with van der Waals surface area (Å²) in [5.41, 5.74) is 0.681. The Hall–Kier alpha value is -2.47. The van der Waals surface area contributed by atoms with Crippen molar-refractivity contribution >= 4 is 22.9 Å². The second-order valence-corrected chi connectivity index (χ2v) is 5.56. The van der Waals surface area contributed by atoms with E-state index in [1.807, 2.05) is 41.3 Å². The van der Waals surface area contributed by atoms with E-state index in [4.69, 9.17) is 0 Å². The predicted molar refractivity (Wildman–Crippen MR) is 82.7 cm³/mol. The molecule has 0 aliphatic rings. The van der Waals surface area contributed by atoms with E-state index in [-0.39, 0.29) is 5.91 Å². The molecule has 0 fully saturated rings. The Morgan fingerprint density at radius 1 is 1.29 bits per heavy atom. The van der Waals surface area contributed by atoms with E-state index in [0.717, 1.165) is 10.7 Å². The van der Waals surface area contributed by atoms with Gasteiger partial charge in [-0.15, -0.1) is 11.3 Å². The van der Waals surface area contributed by atoms with Gasteiger partial charge in [0, 0.05) is 23.5 Å². The minimum atomic E-state index is -0.0514. The number of rotatable bonds is 4. The zero-order chi connectivity index (χ0) is 14.7. The molecule has 0 atom stereocenters. The number of nitrogens with zero attached hydrogens (tertiary/aromatic N) is 3. The third-order valence-corrected chi connectivity index (χ3v) is 3.91. The molecule has 0 spiro atoms. The van der Waals surface area contributed by atoms with Crippen LogP contribution in [0.15, 0.2) is 48.2 Å². The van der Waals surface area contributed by atoms with Crippen LogP contribution in [0.4, 0.5) is 5.69 Å². The van der Waals surface area contributed by atoms with Gasteiger partial charge in [0.1, 0.15) is 5.82 Å². The number of hydrogen-bond donors (Lipinski definition) is 1. The number of pyridine rings is 1. The maximum absolute atomic E-state index is 12.1. The SMILES string of the molecule is Cc1nccn1-c1ncccc1NC(=O)Cc1cccs1. The summed E-state index contributed by atoms with van der Waals surface area (Å²) in [5, 5.41) is 4.89. The summed E-state index contributed by atoms with van der Waals surface area (Å²) in [6, 6.07) is 7.54. The van der Waals surface area contributed by atoms with Crippen molar-refractivity contribution in [3.63, 3.8) is 0 Å². The van der Waals surface area contributed by atoms with Crippen LogP contribution in [-0.2, 0) is 11.2 Å². The first kappa shape index (κ1) is 13.5. The fraction of sp³-hybridized carbons (Fsp3) is 0.133. The second-order valence-electron chi connectivity index (χ2n) is 4.52. The molecule has 1 amide bonds. The van der Waals surface area contributed by atoms with Crippen molar-refractivity contribution in [2.75, 3.05) is 5.32 Å². The summed E-state index contributed by atoms with van der Waals surface area (Å²) < 4.78 is 1.85. The molecule has 5 nitrogen and oxygen atoms in total. The van der Waals surface area contributed by atoms with E-state index >= 15 is 0 Å². The quantitative estimate of drug-likeness (QED) is 0.805. The van der Waals surface area contributed by atoms with Gasteiger partial charge in [0.25, 0.3) is 0 Å². The fourth-order valence-electron chi connectivity index (χ4n) is 2.05. The highest BCUT2D eigenvalue weighted by molar-refractivity contribution is 7.10.